The van der Waals surface area contributed by atoms with E-state index in [9.17, 15) is 9.59 Å². The molecule has 0 aliphatic carbocycles. The van der Waals surface area contributed by atoms with Gasteiger partial charge in [0, 0.05) is 35.3 Å². The summed E-state index contributed by atoms with van der Waals surface area (Å²) in [6.07, 6.45) is 2.86. The van der Waals surface area contributed by atoms with Crippen molar-refractivity contribution in [1.29, 1.82) is 0 Å². The van der Waals surface area contributed by atoms with Crippen molar-refractivity contribution < 1.29 is 9.59 Å². The van der Waals surface area contributed by atoms with Gasteiger partial charge in [0.1, 0.15) is 0 Å². The molecule has 2 heterocycles. The minimum atomic E-state index is -0.262. The highest BCUT2D eigenvalue weighted by Gasteiger charge is 2.16. The molecular formula is C28H22Cl2N10O2. The zero-order chi connectivity index (χ0) is 29.6. The molecule has 0 fully saturated rings. The van der Waals surface area contributed by atoms with Gasteiger partial charge in [-0.25, -0.2) is 9.98 Å². The molecule has 0 saturated carbocycles. The zero-order valence-corrected chi connectivity index (χ0v) is 23.7. The standard InChI is InChI=1S/C28H22Cl2N10O2/c1-17(41)25-27(37-39(35-25)23-11-3-19(29)4-12-23)33-15-31-21-7-9-22(10-8-21)32-16-34-28-26(18(2)42)36-40(38-28)24-13-5-20(30)6-14-24/h3-16H,1-2H3,(H,31,33,37)(H,32,34,38). The molecule has 0 spiro atoms. The molecule has 0 bridgehead atoms. The van der Waals surface area contributed by atoms with Crippen LogP contribution in [-0.2, 0) is 0 Å². The highest BCUT2D eigenvalue weighted by atomic mass is 35.5. The molecule has 3 aromatic carbocycles. The molecule has 5 rings (SSSR count). The quantitative estimate of drug-likeness (QED) is 0.111. The number of carbonyl (C=O) groups is 2. The average Bonchev–Trinajstić information content (AvgIpc) is 3.60. The van der Waals surface area contributed by atoms with Crippen LogP contribution in [0.4, 0.5) is 23.0 Å². The number of aromatic nitrogens is 6. The molecule has 2 N–H and O–H groups in total. The molecule has 2 aromatic heterocycles. The molecule has 0 amide bonds. The lowest BCUT2D eigenvalue weighted by Crippen LogP contribution is -2.00. The molecule has 0 unspecified atom stereocenters. The fourth-order valence-corrected chi connectivity index (χ4v) is 3.86. The largest absolute Gasteiger partial charge is 0.346 e. The van der Waals surface area contributed by atoms with Crippen LogP contribution in [0.15, 0.2) is 82.8 Å². The first-order valence-corrected chi connectivity index (χ1v) is 13.2. The van der Waals surface area contributed by atoms with Crippen molar-refractivity contribution in [2.24, 2.45) is 9.98 Å². The van der Waals surface area contributed by atoms with Crippen LogP contribution in [0, 0.1) is 0 Å². The van der Waals surface area contributed by atoms with Crippen molar-refractivity contribution in [1.82, 2.24) is 30.0 Å². The van der Waals surface area contributed by atoms with Crippen LogP contribution < -0.4 is 10.6 Å². The topological polar surface area (TPSA) is 144 Å². The minimum Gasteiger partial charge on any atom is -0.346 e. The summed E-state index contributed by atoms with van der Waals surface area (Å²) in [5.74, 6) is -0.167. The van der Waals surface area contributed by atoms with Crippen molar-refractivity contribution in [2.45, 2.75) is 13.8 Å². The Hall–Kier alpha value is -5.20. The summed E-state index contributed by atoms with van der Waals surface area (Å²) < 4.78 is 0. The first kappa shape index (κ1) is 28.3. The summed E-state index contributed by atoms with van der Waals surface area (Å²) in [5.41, 5.74) is 3.05. The summed E-state index contributed by atoms with van der Waals surface area (Å²) in [6.45, 7) is 2.81. The van der Waals surface area contributed by atoms with Crippen molar-refractivity contribution in [3.8, 4) is 11.4 Å². The van der Waals surface area contributed by atoms with E-state index >= 15 is 0 Å². The summed E-state index contributed by atoms with van der Waals surface area (Å²) in [6, 6.07) is 21.1. The van der Waals surface area contributed by atoms with Crippen molar-refractivity contribution in [2.75, 3.05) is 10.6 Å². The summed E-state index contributed by atoms with van der Waals surface area (Å²) in [4.78, 5) is 35.4. The highest BCUT2D eigenvalue weighted by Crippen LogP contribution is 2.20. The summed E-state index contributed by atoms with van der Waals surface area (Å²) in [7, 11) is 0. The molecule has 5 aromatic rings. The van der Waals surface area contributed by atoms with Gasteiger partial charge in [0.15, 0.2) is 23.0 Å². The number of nitrogens with zero attached hydrogens (tertiary/aromatic N) is 8. The third kappa shape index (κ3) is 6.74. The Bertz CT molecular complexity index is 1660. The predicted octanol–water partition coefficient (Wildman–Crippen LogP) is 6.10. The van der Waals surface area contributed by atoms with Crippen LogP contribution >= 0.6 is 23.2 Å². The first-order chi connectivity index (χ1) is 20.3. The normalized spacial score (nSPS) is 11.3. The molecule has 12 nitrogen and oxygen atoms in total. The third-order valence-corrected chi connectivity index (χ3v) is 6.20. The number of rotatable bonds is 10. The zero-order valence-electron chi connectivity index (χ0n) is 22.2. The van der Waals surface area contributed by atoms with Gasteiger partial charge in [-0.3, -0.25) is 9.59 Å². The Morgan fingerprint density at radius 1 is 0.619 bits per heavy atom. The van der Waals surface area contributed by atoms with Gasteiger partial charge in [0.2, 0.25) is 11.6 Å². The summed E-state index contributed by atoms with van der Waals surface area (Å²) >= 11 is 11.9. The van der Waals surface area contributed by atoms with E-state index in [0.29, 0.717) is 21.4 Å². The van der Waals surface area contributed by atoms with Gasteiger partial charge in [-0.05, 0) is 72.8 Å². The Morgan fingerprint density at radius 2 is 0.976 bits per heavy atom. The smallest absolute Gasteiger partial charge is 0.207 e. The molecule has 0 saturated heterocycles. The van der Waals surface area contributed by atoms with Gasteiger partial charge in [-0.2, -0.15) is 0 Å². The Balaban J connectivity index is 1.22. The lowest BCUT2D eigenvalue weighted by molar-refractivity contribution is 0.100. The average molecular weight is 601 g/mol. The fraction of sp³-hybridized carbons (Fsp3) is 0.0714. The maximum atomic E-state index is 12.1. The molecular weight excluding hydrogens is 579 g/mol. The van der Waals surface area contributed by atoms with Gasteiger partial charge in [0.05, 0.1) is 24.1 Å². The molecule has 14 heteroatoms. The Kier molecular flexibility index (Phi) is 8.46. The first-order valence-electron chi connectivity index (χ1n) is 12.4. The fourth-order valence-electron chi connectivity index (χ4n) is 3.61. The number of halogens is 2. The molecule has 0 aliphatic rings. The van der Waals surface area contributed by atoms with Crippen LogP contribution in [0.2, 0.25) is 10.0 Å². The maximum absolute atomic E-state index is 12.1. The third-order valence-electron chi connectivity index (χ3n) is 5.70. The second kappa shape index (κ2) is 12.5. The van der Waals surface area contributed by atoms with Crippen LogP contribution in [0.3, 0.4) is 0 Å². The predicted molar refractivity (Wildman–Crippen MR) is 163 cm³/mol. The van der Waals surface area contributed by atoms with Crippen LogP contribution in [-0.4, -0.2) is 54.2 Å². The van der Waals surface area contributed by atoms with E-state index in [-0.39, 0.29) is 34.6 Å². The molecule has 0 atom stereocenters. The second-order valence-corrected chi connectivity index (χ2v) is 9.64. The monoisotopic (exact) mass is 600 g/mol. The van der Waals surface area contributed by atoms with Crippen molar-refractivity contribution in [3.05, 3.63) is 94.2 Å². The molecule has 210 valence electrons. The van der Waals surface area contributed by atoms with E-state index < -0.39 is 0 Å². The van der Waals surface area contributed by atoms with Crippen molar-refractivity contribution >= 4 is 70.5 Å². The van der Waals surface area contributed by atoms with Gasteiger partial charge in [-0.15, -0.1) is 30.0 Å². The van der Waals surface area contributed by atoms with Crippen LogP contribution in [0.1, 0.15) is 34.8 Å². The van der Waals surface area contributed by atoms with Gasteiger partial charge in [-0.1, -0.05) is 23.2 Å². The van der Waals surface area contributed by atoms with E-state index in [4.69, 9.17) is 23.2 Å². The number of ketones is 2. The van der Waals surface area contributed by atoms with Gasteiger partial charge < -0.3 is 10.6 Å². The van der Waals surface area contributed by atoms with Crippen LogP contribution in [0.5, 0.6) is 0 Å². The van der Waals surface area contributed by atoms with E-state index in [1.807, 2.05) is 24.3 Å². The van der Waals surface area contributed by atoms with Gasteiger partial charge >= 0.3 is 0 Å². The molecule has 0 aliphatic heterocycles. The molecule has 0 radical (unpaired) electrons. The van der Waals surface area contributed by atoms with Gasteiger partial charge in [0.25, 0.3) is 0 Å². The number of hydrogen-bond acceptors (Lipinski definition) is 8. The van der Waals surface area contributed by atoms with E-state index in [1.165, 1.54) is 36.1 Å². The number of aliphatic imine (C=N–C) groups is 2. The minimum absolute atomic E-state index is 0.142. The Labute approximate surface area is 249 Å². The van der Waals surface area contributed by atoms with Crippen LogP contribution in [0.25, 0.3) is 11.4 Å². The van der Waals surface area contributed by atoms with E-state index in [0.717, 1.165) is 11.4 Å². The van der Waals surface area contributed by atoms with E-state index in [2.05, 4.69) is 41.0 Å². The number of carbonyl (C=O) groups excluding carboxylic acids is 2. The van der Waals surface area contributed by atoms with E-state index in [1.54, 1.807) is 48.5 Å². The number of hydrogen-bond donors (Lipinski definition) is 2. The number of Topliss-reactive ketones (excluding diaryl/α,β-unsaturated/α-hetero) is 2. The lowest BCUT2D eigenvalue weighted by Gasteiger charge is -2.03. The lowest BCUT2D eigenvalue weighted by atomic mass is 10.3. The second-order valence-electron chi connectivity index (χ2n) is 8.77. The summed E-state index contributed by atoms with van der Waals surface area (Å²) in [5, 5.41) is 24.4. The van der Waals surface area contributed by atoms with Crippen molar-refractivity contribution in [3.63, 3.8) is 0 Å². The number of benzene rings is 3. The maximum Gasteiger partial charge on any atom is 0.207 e. The molecule has 42 heavy (non-hydrogen) atoms. The number of nitrogens with one attached hydrogen (secondary N) is 2. The highest BCUT2D eigenvalue weighted by molar-refractivity contribution is 6.30. The Morgan fingerprint density at radius 3 is 1.31 bits per heavy atom. The number of anilines is 2. The SMILES string of the molecule is CC(=O)c1nn(-c2ccc(Cl)cc2)nc1N=CNc1ccc(NC=Nc2nn(-c3ccc(Cl)cc3)nc2C(C)=O)cc1.